The molecule has 5 heteroatoms. The molecule has 148 valence electrons. The van der Waals surface area contributed by atoms with Gasteiger partial charge in [-0.25, -0.2) is 4.79 Å². The number of rotatable bonds is 4. The zero-order chi connectivity index (χ0) is 21.1. The molecule has 0 aliphatic heterocycles. The number of carbonyl (C=O) groups excluding carboxylic acids is 3. The lowest BCUT2D eigenvalue weighted by Crippen LogP contribution is -2.24. The number of carbonyl (C=O) groups is 3. The van der Waals surface area contributed by atoms with Crippen molar-refractivity contribution < 1.29 is 23.9 Å². The zero-order valence-corrected chi connectivity index (χ0v) is 17.2. The highest BCUT2D eigenvalue weighted by molar-refractivity contribution is 6.03. The predicted molar refractivity (Wildman–Crippen MR) is 107 cm³/mol. The maximum atomic E-state index is 12.6. The van der Waals surface area contributed by atoms with Crippen LogP contribution in [0.25, 0.3) is 0 Å². The van der Waals surface area contributed by atoms with Crippen LogP contribution in [-0.2, 0) is 0 Å². The summed E-state index contributed by atoms with van der Waals surface area (Å²) in [4.78, 5) is 37.6. The maximum absolute atomic E-state index is 12.6. The number of ketones is 2. The van der Waals surface area contributed by atoms with Crippen LogP contribution in [0.15, 0.2) is 48.5 Å². The van der Waals surface area contributed by atoms with E-state index in [1.54, 1.807) is 77.9 Å². The maximum Gasteiger partial charge on any atom is 0.519 e. The van der Waals surface area contributed by atoms with Crippen molar-refractivity contribution >= 4 is 17.7 Å². The van der Waals surface area contributed by atoms with Crippen molar-refractivity contribution in [3.8, 4) is 11.5 Å². The fraction of sp³-hybridized carbons (Fsp3) is 0.348. The Morgan fingerprint density at radius 2 is 0.929 bits per heavy atom. The van der Waals surface area contributed by atoms with Gasteiger partial charge >= 0.3 is 6.16 Å². The molecule has 2 aromatic rings. The summed E-state index contributed by atoms with van der Waals surface area (Å²) in [6, 6.07) is 13.0. The van der Waals surface area contributed by atoms with E-state index in [0.717, 1.165) is 0 Å². The van der Waals surface area contributed by atoms with Crippen molar-refractivity contribution in [2.75, 3.05) is 0 Å². The average Bonchev–Trinajstić information content (AvgIpc) is 2.60. The lowest BCUT2D eigenvalue weighted by molar-refractivity contribution is 0.0851. The van der Waals surface area contributed by atoms with E-state index in [2.05, 4.69) is 0 Å². The van der Waals surface area contributed by atoms with Gasteiger partial charge in [-0.3, -0.25) is 9.59 Å². The molecule has 0 unspecified atom stereocenters. The molecule has 2 rings (SSSR count). The Labute approximate surface area is 165 Å². The second-order valence-electron chi connectivity index (χ2n) is 8.60. The van der Waals surface area contributed by atoms with Crippen LogP contribution >= 0.6 is 0 Å². The molecule has 0 bridgehead atoms. The summed E-state index contributed by atoms with van der Waals surface area (Å²) in [6.45, 7) is 10.7. The summed E-state index contributed by atoms with van der Waals surface area (Å²) in [5.74, 6) is -0.0717. The van der Waals surface area contributed by atoms with Crippen molar-refractivity contribution in [3.63, 3.8) is 0 Å². The Kier molecular flexibility index (Phi) is 6.07. The lowest BCUT2D eigenvalue weighted by Gasteiger charge is -2.19. The molecule has 0 N–H and O–H groups in total. The van der Waals surface area contributed by atoms with Gasteiger partial charge in [0.25, 0.3) is 0 Å². The lowest BCUT2D eigenvalue weighted by atomic mass is 9.86. The fourth-order valence-electron chi connectivity index (χ4n) is 2.49. The van der Waals surface area contributed by atoms with E-state index in [4.69, 9.17) is 9.47 Å². The molecule has 2 aromatic carbocycles. The molecule has 0 radical (unpaired) electrons. The van der Waals surface area contributed by atoms with E-state index in [1.165, 1.54) is 12.1 Å². The molecule has 0 spiro atoms. The molecule has 0 saturated heterocycles. The third-order valence-corrected chi connectivity index (χ3v) is 4.01. The zero-order valence-electron chi connectivity index (χ0n) is 17.2. The highest BCUT2D eigenvalue weighted by atomic mass is 16.7. The second kappa shape index (κ2) is 7.97. The summed E-state index contributed by atoms with van der Waals surface area (Å²) in [6.07, 6.45) is -1.01. The van der Waals surface area contributed by atoms with Gasteiger partial charge < -0.3 is 9.47 Å². The minimum Gasteiger partial charge on any atom is -0.394 e. The number of ether oxygens (including phenoxy) is 2. The average molecular weight is 382 g/mol. The van der Waals surface area contributed by atoms with Gasteiger partial charge in [0.2, 0.25) is 0 Å². The van der Waals surface area contributed by atoms with E-state index in [9.17, 15) is 14.4 Å². The highest BCUT2D eigenvalue weighted by Gasteiger charge is 2.28. The fourth-order valence-corrected chi connectivity index (χ4v) is 2.49. The van der Waals surface area contributed by atoms with Crippen LogP contribution in [0.4, 0.5) is 4.79 Å². The van der Waals surface area contributed by atoms with Crippen LogP contribution in [0.2, 0.25) is 0 Å². The smallest absolute Gasteiger partial charge is 0.394 e. The SMILES string of the molecule is CC(C)(C)C(=O)c1ccccc1OC(=O)Oc1ccccc1C(=O)C(C)(C)C. The summed E-state index contributed by atoms with van der Waals surface area (Å²) < 4.78 is 10.6. The van der Waals surface area contributed by atoms with Crippen LogP contribution in [0.1, 0.15) is 62.3 Å². The van der Waals surface area contributed by atoms with Crippen molar-refractivity contribution in [3.05, 3.63) is 59.7 Å². The van der Waals surface area contributed by atoms with Gasteiger partial charge in [-0.05, 0) is 24.3 Å². The van der Waals surface area contributed by atoms with Gasteiger partial charge in [-0.15, -0.1) is 0 Å². The van der Waals surface area contributed by atoms with Crippen LogP contribution in [0, 0.1) is 10.8 Å². The van der Waals surface area contributed by atoms with Gasteiger partial charge in [-0.1, -0.05) is 65.8 Å². The quantitative estimate of drug-likeness (QED) is 0.384. The Morgan fingerprint density at radius 3 is 1.25 bits per heavy atom. The molecule has 0 saturated carbocycles. The predicted octanol–water partition coefficient (Wildman–Crippen LogP) is 5.72. The summed E-state index contributed by atoms with van der Waals surface area (Å²) >= 11 is 0. The van der Waals surface area contributed by atoms with E-state index in [1.807, 2.05) is 0 Å². The first kappa shape index (κ1) is 21.4. The minimum atomic E-state index is -1.01. The first-order valence-electron chi connectivity index (χ1n) is 9.08. The van der Waals surface area contributed by atoms with E-state index >= 15 is 0 Å². The Morgan fingerprint density at radius 1 is 0.607 bits per heavy atom. The molecule has 28 heavy (non-hydrogen) atoms. The van der Waals surface area contributed by atoms with Crippen molar-refractivity contribution in [1.29, 1.82) is 0 Å². The monoisotopic (exact) mass is 382 g/mol. The third-order valence-electron chi connectivity index (χ3n) is 4.01. The van der Waals surface area contributed by atoms with Crippen LogP contribution in [0.5, 0.6) is 11.5 Å². The summed E-state index contributed by atoms with van der Waals surface area (Å²) in [7, 11) is 0. The molecule has 0 aromatic heterocycles. The van der Waals surface area contributed by atoms with E-state index in [-0.39, 0.29) is 23.1 Å². The number of para-hydroxylation sites is 2. The first-order chi connectivity index (χ1) is 12.9. The van der Waals surface area contributed by atoms with Crippen LogP contribution in [-0.4, -0.2) is 17.7 Å². The van der Waals surface area contributed by atoms with Crippen molar-refractivity contribution in [2.45, 2.75) is 41.5 Å². The van der Waals surface area contributed by atoms with Gasteiger partial charge in [0.05, 0.1) is 11.1 Å². The Bertz CT molecular complexity index is 824. The van der Waals surface area contributed by atoms with Crippen molar-refractivity contribution in [1.82, 2.24) is 0 Å². The molecule has 0 aliphatic rings. The summed E-state index contributed by atoms with van der Waals surface area (Å²) in [5, 5.41) is 0. The molecule has 0 amide bonds. The van der Waals surface area contributed by atoms with Gasteiger partial charge in [0.1, 0.15) is 11.5 Å². The standard InChI is InChI=1S/C23H26O5/c1-22(2,3)19(24)15-11-7-9-13-17(15)27-21(26)28-18-14-10-8-12-16(18)20(25)23(4,5)6/h7-14H,1-6H3. The molecular formula is C23H26O5. The van der Waals surface area contributed by atoms with E-state index < -0.39 is 17.0 Å². The first-order valence-corrected chi connectivity index (χ1v) is 9.08. The van der Waals surface area contributed by atoms with Gasteiger partial charge in [-0.2, -0.15) is 0 Å². The molecular weight excluding hydrogens is 356 g/mol. The molecule has 5 nitrogen and oxygen atoms in total. The van der Waals surface area contributed by atoms with Crippen LogP contribution < -0.4 is 9.47 Å². The number of hydrogen-bond donors (Lipinski definition) is 0. The topological polar surface area (TPSA) is 69.7 Å². The molecule has 0 fully saturated rings. The minimum absolute atomic E-state index is 0.118. The highest BCUT2D eigenvalue weighted by Crippen LogP contribution is 2.30. The number of benzene rings is 2. The normalized spacial score (nSPS) is 11.6. The molecule has 0 heterocycles. The van der Waals surface area contributed by atoms with Crippen molar-refractivity contribution in [2.24, 2.45) is 10.8 Å². The van der Waals surface area contributed by atoms with E-state index in [0.29, 0.717) is 11.1 Å². The largest absolute Gasteiger partial charge is 0.519 e. The van der Waals surface area contributed by atoms with Gasteiger partial charge in [0, 0.05) is 10.8 Å². The Balaban J connectivity index is 2.26. The molecule has 0 atom stereocenters. The van der Waals surface area contributed by atoms with Crippen LogP contribution in [0.3, 0.4) is 0 Å². The number of Topliss-reactive ketones (excluding diaryl/α,β-unsaturated/α-hetero) is 2. The number of hydrogen-bond acceptors (Lipinski definition) is 5. The summed E-state index contributed by atoms with van der Waals surface area (Å²) in [5.41, 5.74) is -0.665. The van der Waals surface area contributed by atoms with Gasteiger partial charge in [0.15, 0.2) is 11.6 Å². The third kappa shape index (κ3) is 5.06. The Hall–Kier alpha value is -2.95. The molecule has 0 aliphatic carbocycles. The second-order valence-corrected chi connectivity index (χ2v) is 8.60.